The Hall–Kier alpha value is -0.720. The Morgan fingerprint density at radius 1 is 1.15 bits per heavy atom. The van der Waals surface area contributed by atoms with Gasteiger partial charge in [-0.1, -0.05) is 6.07 Å². The molecule has 0 fully saturated rings. The zero-order valence-corrected chi connectivity index (χ0v) is 15.1. The van der Waals surface area contributed by atoms with E-state index < -0.39 is 5.82 Å². The summed E-state index contributed by atoms with van der Waals surface area (Å²) in [6.07, 6.45) is 0. The summed E-state index contributed by atoms with van der Waals surface area (Å²) >= 11 is 9.89. The van der Waals surface area contributed by atoms with Crippen LogP contribution in [0.1, 0.15) is 15.9 Å². The predicted octanol–water partition coefficient (Wildman–Crippen LogP) is 5.67. The lowest BCUT2D eigenvalue weighted by atomic mass is 10.2. The summed E-state index contributed by atoms with van der Waals surface area (Å²) in [6, 6.07) is 8.12. The number of carbonyl (C=O) groups excluding carboxylic acids is 1. The average molecular weight is 466 g/mol. The Labute approximate surface area is 141 Å². The molecule has 0 radical (unpaired) electrons. The minimum absolute atomic E-state index is 0.150. The van der Waals surface area contributed by atoms with Gasteiger partial charge in [-0.2, -0.15) is 0 Å². The molecule has 0 aliphatic heterocycles. The van der Waals surface area contributed by atoms with Crippen molar-refractivity contribution in [2.45, 2.75) is 6.92 Å². The molecular formula is C14H9Br3FNO. The number of nitrogens with one attached hydrogen (secondary N) is 1. The maximum absolute atomic E-state index is 13.4. The van der Waals surface area contributed by atoms with E-state index in [9.17, 15) is 9.18 Å². The fraction of sp³-hybridized carbons (Fsp3) is 0.0714. The SMILES string of the molecule is Cc1cc(Br)c(NC(=O)c2cccc(F)c2Br)c(Br)c1. The summed E-state index contributed by atoms with van der Waals surface area (Å²) in [5.74, 6) is -0.860. The third kappa shape index (κ3) is 3.30. The van der Waals surface area contributed by atoms with E-state index in [0.717, 1.165) is 14.5 Å². The van der Waals surface area contributed by atoms with Gasteiger partial charge in [-0.15, -0.1) is 0 Å². The highest BCUT2D eigenvalue weighted by molar-refractivity contribution is 9.11. The largest absolute Gasteiger partial charge is 0.320 e. The van der Waals surface area contributed by atoms with E-state index in [1.54, 1.807) is 6.07 Å². The summed E-state index contributed by atoms with van der Waals surface area (Å²) in [7, 11) is 0. The van der Waals surface area contributed by atoms with Crippen molar-refractivity contribution >= 4 is 59.4 Å². The van der Waals surface area contributed by atoms with Crippen molar-refractivity contribution in [2.75, 3.05) is 5.32 Å². The van der Waals surface area contributed by atoms with Crippen molar-refractivity contribution in [3.8, 4) is 0 Å². The van der Waals surface area contributed by atoms with Crippen LogP contribution in [0.2, 0.25) is 0 Å². The van der Waals surface area contributed by atoms with Gasteiger partial charge in [-0.05, 0) is 84.5 Å². The summed E-state index contributed by atoms with van der Waals surface area (Å²) < 4.78 is 15.1. The molecule has 2 aromatic carbocycles. The smallest absolute Gasteiger partial charge is 0.256 e. The second kappa shape index (κ2) is 6.37. The summed E-state index contributed by atoms with van der Waals surface area (Å²) in [5, 5.41) is 2.76. The zero-order valence-electron chi connectivity index (χ0n) is 10.3. The molecule has 0 atom stereocenters. The molecule has 0 saturated heterocycles. The fourth-order valence-corrected chi connectivity index (χ4v) is 3.74. The van der Waals surface area contributed by atoms with Gasteiger partial charge in [0.05, 0.1) is 15.7 Å². The van der Waals surface area contributed by atoms with E-state index in [4.69, 9.17) is 0 Å². The van der Waals surface area contributed by atoms with Crippen LogP contribution in [0.3, 0.4) is 0 Å². The number of hydrogen-bond donors (Lipinski definition) is 1. The lowest BCUT2D eigenvalue weighted by Gasteiger charge is -2.12. The van der Waals surface area contributed by atoms with Gasteiger partial charge in [0.25, 0.3) is 5.91 Å². The van der Waals surface area contributed by atoms with Gasteiger partial charge in [0, 0.05) is 8.95 Å². The number of amides is 1. The monoisotopic (exact) mass is 463 g/mol. The number of halogens is 4. The second-order valence-electron chi connectivity index (χ2n) is 4.16. The molecule has 0 saturated carbocycles. The van der Waals surface area contributed by atoms with Gasteiger partial charge in [-0.3, -0.25) is 4.79 Å². The maximum Gasteiger partial charge on any atom is 0.256 e. The molecule has 0 unspecified atom stereocenters. The van der Waals surface area contributed by atoms with Gasteiger partial charge in [0.1, 0.15) is 5.82 Å². The van der Waals surface area contributed by atoms with Crippen LogP contribution in [-0.4, -0.2) is 5.91 Å². The van der Waals surface area contributed by atoms with Crippen molar-refractivity contribution in [1.29, 1.82) is 0 Å². The molecule has 2 nitrogen and oxygen atoms in total. The molecule has 1 N–H and O–H groups in total. The van der Waals surface area contributed by atoms with Crippen LogP contribution in [0, 0.1) is 12.7 Å². The highest BCUT2D eigenvalue weighted by Gasteiger charge is 2.16. The molecule has 1 amide bonds. The molecular weight excluding hydrogens is 457 g/mol. The van der Waals surface area contributed by atoms with Crippen LogP contribution < -0.4 is 5.32 Å². The van der Waals surface area contributed by atoms with Crippen molar-refractivity contribution in [2.24, 2.45) is 0 Å². The maximum atomic E-state index is 13.4. The molecule has 2 aromatic rings. The Morgan fingerprint density at radius 2 is 1.75 bits per heavy atom. The number of hydrogen-bond acceptors (Lipinski definition) is 1. The minimum atomic E-state index is -0.473. The topological polar surface area (TPSA) is 29.1 Å². The Kier molecular flexibility index (Phi) is 4.99. The standard InChI is InChI=1S/C14H9Br3FNO/c1-7-5-9(15)13(10(16)6-7)19-14(20)8-3-2-4-11(18)12(8)17/h2-6H,1H3,(H,19,20). The quantitative estimate of drug-likeness (QED) is 0.608. The first-order valence-corrected chi connectivity index (χ1v) is 7.99. The van der Waals surface area contributed by atoms with Crippen LogP contribution in [-0.2, 0) is 0 Å². The van der Waals surface area contributed by atoms with E-state index in [0.29, 0.717) is 5.69 Å². The van der Waals surface area contributed by atoms with Crippen molar-refractivity contribution in [1.82, 2.24) is 0 Å². The number of aryl methyl sites for hydroxylation is 1. The molecule has 0 aliphatic rings. The van der Waals surface area contributed by atoms with Gasteiger partial charge in [0.15, 0.2) is 0 Å². The van der Waals surface area contributed by atoms with E-state index in [-0.39, 0.29) is 15.9 Å². The third-order valence-electron chi connectivity index (χ3n) is 2.62. The lowest BCUT2D eigenvalue weighted by Crippen LogP contribution is -2.14. The Balaban J connectivity index is 2.36. The predicted molar refractivity (Wildman–Crippen MR) is 88.6 cm³/mol. The van der Waals surface area contributed by atoms with Crippen LogP contribution >= 0.6 is 47.8 Å². The lowest BCUT2D eigenvalue weighted by molar-refractivity contribution is 0.102. The average Bonchev–Trinajstić information content (AvgIpc) is 2.36. The van der Waals surface area contributed by atoms with Gasteiger partial charge < -0.3 is 5.32 Å². The van der Waals surface area contributed by atoms with Gasteiger partial charge in [-0.25, -0.2) is 4.39 Å². The molecule has 0 aliphatic carbocycles. The summed E-state index contributed by atoms with van der Waals surface area (Å²) in [4.78, 5) is 12.2. The Morgan fingerprint density at radius 3 is 2.35 bits per heavy atom. The number of anilines is 1. The van der Waals surface area contributed by atoms with E-state index in [1.165, 1.54) is 12.1 Å². The molecule has 6 heteroatoms. The second-order valence-corrected chi connectivity index (χ2v) is 6.66. The normalized spacial score (nSPS) is 10.4. The van der Waals surface area contributed by atoms with Gasteiger partial charge in [0.2, 0.25) is 0 Å². The first-order valence-electron chi connectivity index (χ1n) is 5.61. The first-order chi connectivity index (χ1) is 9.40. The zero-order chi connectivity index (χ0) is 14.9. The molecule has 0 bridgehead atoms. The summed E-state index contributed by atoms with van der Waals surface area (Å²) in [5.41, 5.74) is 1.90. The van der Waals surface area contributed by atoms with E-state index in [1.807, 2.05) is 19.1 Å². The van der Waals surface area contributed by atoms with E-state index in [2.05, 4.69) is 53.1 Å². The molecule has 0 aromatic heterocycles. The first kappa shape index (κ1) is 15.7. The van der Waals surface area contributed by atoms with E-state index >= 15 is 0 Å². The highest BCUT2D eigenvalue weighted by atomic mass is 79.9. The minimum Gasteiger partial charge on any atom is -0.320 e. The van der Waals surface area contributed by atoms with Crippen molar-refractivity contribution in [3.05, 3.63) is 60.7 Å². The van der Waals surface area contributed by atoms with Crippen LogP contribution in [0.25, 0.3) is 0 Å². The number of benzene rings is 2. The number of carbonyl (C=O) groups is 1. The molecule has 0 heterocycles. The van der Waals surface area contributed by atoms with Crippen LogP contribution in [0.15, 0.2) is 43.7 Å². The molecule has 2 rings (SSSR count). The van der Waals surface area contributed by atoms with Crippen LogP contribution in [0.5, 0.6) is 0 Å². The highest BCUT2D eigenvalue weighted by Crippen LogP contribution is 2.33. The van der Waals surface area contributed by atoms with Gasteiger partial charge >= 0.3 is 0 Å². The molecule has 20 heavy (non-hydrogen) atoms. The summed E-state index contributed by atoms with van der Waals surface area (Å²) in [6.45, 7) is 1.95. The number of rotatable bonds is 2. The third-order valence-corrected chi connectivity index (χ3v) is 4.68. The van der Waals surface area contributed by atoms with Crippen molar-refractivity contribution < 1.29 is 9.18 Å². The fourth-order valence-electron chi connectivity index (χ4n) is 1.68. The van der Waals surface area contributed by atoms with Crippen LogP contribution in [0.4, 0.5) is 10.1 Å². The molecule has 0 spiro atoms. The molecule has 104 valence electrons. The van der Waals surface area contributed by atoms with Crippen molar-refractivity contribution in [3.63, 3.8) is 0 Å². The Bertz CT molecular complexity index is 665.